The van der Waals surface area contributed by atoms with Gasteiger partial charge < -0.3 is 5.32 Å². The Hall–Kier alpha value is -1.84. The van der Waals surface area contributed by atoms with Crippen LogP contribution in [0.2, 0.25) is 0 Å². The van der Waals surface area contributed by atoms with Crippen LogP contribution in [0.4, 0.5) is 5.69 Å². The molecule has 0 amide bonds. The number of benzene rings is 3. The number of nitrogens with one attached hydrogen (secondary N) is 1. The summed E-state index contributed by atoms with van der Waals surface area (Å²) in [7, 11) is 0. The average Bonchev–Trinajstić information content (AvgIpc) is 2.65. The quantitative estimate of drug-likeness (QED) is 0.424. The molecule has 0 fully saturated rings. The van der Waals surface area contributed by atoms with Gasteiger partial charge in [-0.3, -0.25) is 0 Å². The van der Waals surface area contributed by atoms with Gasteiger partial charge in [-0.25, -0.2) is 0 Å². The Balaban J connectivity index is 1.82. The van der Waals surface area contributed by atoms with E-state index in [0.29, 0.717) is 0 Å². The van der Waals surface area contributed by atoms with Crippen molar-refractivity contribution in [2.45, 2.75) is 39.3 Å². The molecule has 128 valence electrons. The summed E-state index contributed by atoms with van der Waals surface area (Å²) in [6.07, 6.45) is 2.39. The minimum atomic E-state index is 1.02. The molecule has 25 heavy (non-hydrogen) atoms. The Bertz CT molecular complexity index is 773. The van der Waals surface area contributed by atoms with Gasteiger partial charge in [0, 0.05) is 31.8 Å². The molecule has 3 heteroatoms. The summed E-state index contributed by atoms with van der Waals surface area (Å²) in [6.45, 7) is 3.24. The van der Waals surface area contributed by atoms with Crippen LogP contribution in [0.1, 0.15) is 19.8 Å². The molecule has 3 aromatic rings. The molecular weight excluding hydrogens is 342 g/mol. The lowest BCUT2D eigenvalue weighted by molar-refractivity contribution is 0.832. The highest BCUT2D eigenvalue weighted by Crippen LogP contribution is 2.38. The molecule has 0 atom stereocenters. The van der Waals surface area contributed by atoms with E-state index in [2.05, 4.69) is 91.1 Å². The summed E-state index contributed by atoms with van der Waals surface area (Å²) in [5.74, 6) is 0. The topological polar surface area (TPSA) is 12.0 Å². The van der Waals surface area contributed by atoms with Crippen molar-refractivity contribution in [3.63, 3.8) is 0 Å². The molecule has 0 aliphatic carbocycles. The summed E-state index contributed by atoms with van der Waals surface area (Å²) in [6, 6.07) is 27.8. The van der Waals surface area contributed by atoms with Gasteiger partial charge in [-0.2, -0.15) is 0 Å². The molecule has 0 bridgehead atoms. The normalized spacial score (nSPS) is 10.6. The third-order valence-corrected chi connectivity index (χ3v) is 5.81. The molecule has 1 nitrogen and oxygen atoms in total. The second kappa shape index (κ2) is 9.59. The van der Waals surface area contributed by atoms with E-state index < -0.39 is 0 Å². The van der Waals surface area contributed by atoms with Gasteiger partial charge in [0.1, 0.15) is 0 Å². The molecule has 0 heterocycles. The fourth-order valence-corrected chi connectivity index (χ4v) is 4.37. The van der Waals surface area contributed by atoms with Gasteiger partial charge >= 0.3 is 0 Å². The van der Waals surface area contributed by atoms with E-state index in [0.717, 1.165) is 6.54 Å². The number of hydrogen-bond acceptors (Lipinski definition) is 3. The third-order valence-electron chi connectivity index (χ3n) is 3.75. The van der Waals surface area contributed by atoms with Crippen molar-refractivity contribution in [2.24, 2.45) is 0 Å². The van der Waals surface area contributed by atoms with Crippen LogP contribution in [0.5, 0.6) is 0 Å². The summed E-state index contributed by atoms with van der Waals surface area (Å²) in [5.41, 5.74) is 1.22. The highest BCUT2D eigenvalue weighted by molar-refractivity contribution is 8.00. The second-order valence-electron chi connectivity index (χ2n) is 5.77. The van der Waals surface area contributed by atoms with Crippen LogP contribution in [-0.2, 0) is 0 Å². The number of hydrogen-bond donors (Lipinski definition) is 1. The second-order valence-corrected chi connectivity index (χ2v) is 8.03. The van der Waals surface area contributed by atoms with Gasteiger partial charge in [-0.05, 0) is 48.9 Å². The first kappa shape index (κ1) is 18.0. The Morgan fingerprint density at radius 2 is 1.36 bits per heavy atom. The monoisotopic (exact) mass is 365 g/mol. The SMILES string of the molecule is CCCCNc1ccc(Sc2ccccc2)cc1Sc1ccccc1. The number of rotatable bonds is 8. The predicted octanol–water partition coefficient (Wildman–Crippen LogP) is 7.20. The zero-order valence-electron chi connectivity index (χ0n) is 14.4. The van der Waals surface area contributed by atoms with Crippen molar-refractivity contribution in [2.75, 3.05) is 11.9 Å². The van der Waals surface area contributed by atoms with Gasteiger partial charge in [0.15, 0.2) is 0 Å². The lowest BCUT2D eigenvalue weighted by atomic mass is 10.3. The maximum absolute atomic E-state index is 3.60. The van der Waals surface area contributed by atoms with Crippen molar-refractivity contribution < 1.29 is 0 Å². The van der Waals surface area contributed by atoms with E-state index >= 15 is 0 Å². The minimum Gasteiger partial charge on any atom is -0.384 e. The summed E-state index contributed by atoms with van der Waals surface area (Å²) >= 11 is 3.63. The van der Waals surface area contributed by atoms with Crippen LogP contribution in [0.15, 0.2) is 98.4 Å². The van der Waals surface area contributed by atoms with Crippen LogP contribution in [0, 0.1) is 0 Å². The molecule has 0 aliphatic rings. The van der Waals surface area contributed by atoms with Gasteiger partial charge in [0.2, 0.25) is 0 Å². The van der Waals surface area contributed by atoms with Crippen molar-refractivity contribution in [1.82, 2.24) is 0 Å². The number of unbranched alkanes of at least 4 members (excludes halogenated alkanes) is 1. The van der Waals surface area contributed by atoms with Gasteiger partial charge in [0.25, 0.3) is 0 Å². The Labute approximate surface area is 159 Å². The first-order valence-electron chi connectivity index (χ1n) is 8.69. The Morgan fingerprint density at radius 3 is 2.00 bits per heavy atom. The van der Waals surface area contributed by atoms with Crippen LogP contribution in [0.25, 0.3) is 0 Å². The van der Waals surface area contributed by atoms with E-state index in [-0.39, 0.29) is 0 Å². The van der Waals surface area contributed by atoms with Gasteiger partial charge in [-0.15, -0.1) is 0 Å². The van der Waals surface area contributed by atoms with Crippen LogP contribution >= 0.6 is 23.5 Å². The van der Waals surface area contributed by atoms with Crippen LogP contribution in [-0.4, -0.2) is 6.54 Å². The molecule has 3 aromatic carbocycles. The lowest BCUT2D eigenvalue weighted by Gasteiger charge is -2.13. The van der Waals surface area contributed by atoms with E-state index in [1.54, 1.807) is 0 Å². The van der Waals surface area contributed by atoms with Gasteiger partial charge in [0.05, 0.1) is 0 Å². The Kier molecular flexibility index (Phi) is 6.89. The largest absolute Gasteiger partial charge is 0.384 e. The van der Waals surface area contributed by atoms with Crippen molar-refractivity contribution in [1.29, 1.82) is 0 Å². The molecule has 0 aliphatic heterocycles. The molecule has 0 saturated carbocycles. The maximum atomic E-state index is 3.60. The van der Waals surface area contributed by atoms with E-state index in [1.807, 2.05) is 23.5 Å². The fourth-order valence-electron chi connectivity index (χ4n) is 2.44. The fraction of sp³-hybridized carbons (Fsp3) is 0.182. The van der Waals surface area contributed by atoms with Crippen molar-refractivity contribution in [3.05, 3.63) is 78.9 Å². The zero-order chi connectivity index (χ0) is 17.3. The molecule has 0 spiro atoms. The first-order chi connectivity index (χ1) is 12.3. The zero-order valence-corrected chi connectivity index (χ0v) is 16.1. The average molecular weight is 366 g/mol. The van der Waals surface area contributed by atoms with Crippen LogP contribution < -0.4 is 5.32 Å². The molecule has 0 radical (unpaired) electrons. The molecule has 0 saturated heterocycles. The summed E-state index contributed by atoms with van der Waals surface area (Å²) in [5, 5.41) is 3.60. The smallest absolute Gasteiger partial charge is 0.0482 e. The third kappa shape index (κ3) is 5.58. The van der Waals surface area contributed by atoms with Gasteiger partial charge in [-0.1, -0.05) is 73.3 Å². The van der Waals surface area contributed by atoms with E-state index in [9.17, 15) is 0 Å². The number of anilines is 1. The summed E-state index contributed by atoms with van der Waals surface area (Å²) in [4.78, 5) is 5.08. The molecular formula is C22H23NS2. The van der Waals surface area contributed by atoms with Crippen molar-refractivity contribution in [3.8, 4) is 0 Å². The van der Waals surface area contributed by atoms with Crippen LogP contribution in [0.3, 0.4) is 0 Å². The highest BCUT2D eigenvalue weighted by atomic mass is 32.2. The molecule has 0 aromatic heterocycles. The first-order valence-corrected chi connectivity index (χ1v) is 10.3. The predicted molar refractivity (Wildman–Crippen MR) is 111 cm³/mol. The lowest BCUT2D eigenvalue weighted by Crippen LogP contribution is -2.02. The van der Waals surface area contributed by atoms with Crippen molar-refractivity contribution >= 4 is 29.2 Å². The molecule has 3 rings (SSSR count). The standard InChI is InChI=1S/C22H23NS2/c1-2-3-16-23-21-15-14-20(24-18-10-6-4-7-11-18)17-22(21)25-19-12-8-5-9-13-19/h4-15,17,23H,2-3,16H2,1H3. The van der Waals surface area contributed by atoms with E-state index in [1.165, 1.54) is 38.1 Å². The Morgan fingerprint density at radius 1 is 0.720 bits per heavy atom. The minimum absolute atomic E-state index is 1.02. The summed E-state index contributed by atoms with van der Waals surface area (Å²) < 4.78 is 0. The van der Waals surface area contributed by atoms with E-state index in [4.69, 9.17) is 0 Å². The molecule has 0 unspecified atom stereocenters. The molecule has 1 N–H and O–H groups in total. The maximum Gasteiger partial charge on any atom is 0.0482 e. The highest BCUT2D eigenvalue weighted by Gasteiger charge is 2.07.